The van der Waals surface area contributed by atoms with Crippen LogP contribution < -0.4 is 10.6 Å². The molecule has 0 aromatic rings. The van der Waals surface area contributed by atoms with E-state index in [1.807, 2.05) is 6.08 Å². The van der Waals surface area contributed by atoms with E-state index in [9.17, 15) is 19.2 Å². The molecule has 0 radical (unpaired) electrons. The standard InChI is InChI=1S/C37H64N2O7/c1-3-5-7-9-11-13-15-21-25-29-36(43)46-32(26-22-18-14-12-10-8-6-4-2)27-23-19-16-17-20-24-28-34(41)38-30-35(42)39-33(31-40)37(44)45/h6,8,12,14,22,26,32-33,40H,3-5,7,9-11,13,15-21,23-25,27-31H2,1-2H3,(H,38,41)(H,39,42)(H,44,45)/b8-6-,14-12-,26-22-. The second-order valence-corrected chi connectivity index (χ2v) is 11.9. The molecule has 0 aromatic carbocycles. The van der Waals surface area contributed by atoms with Crippen molar-refractivity contribution in [1.82, 2.24) is 10.6 Å². The average molecular weight is 649 g/mol. The molecule has 0 saturated carbocycles. The van der Waals surface area contributed by atoms with Crippen LogP contribution >= 0.6 is 0 Å². The van der Waals surface area contributed by atoms with Crippen molar-refractivity contribution < 1.29 is 34.1 Å². The molecule has 0 aliphatic heterocycles. The number of aliphatic carboxylic acids is 1. The number of carbonyl (C=O) groups excluding carboxylic acids is 3. The van der Waals surface area contributed by atoms with Crippen LogP contribution in [0.2, 0.25) is 0 Å². The Morgan fingerprint density at radius 1 is 0.674 bits per heavy atom. The summed E-state index contributed by atoms with van der Waals surface area (Å²) in [6.45, 7) is 3.32. The summed E-state index contributed by atoms with van der Waals surface area (Å²) in [5.41, 5.74) is 0. The van der Waals surface area contributed by atoms with Gasteiger partial charge in [-0.05, 0) is 51.0 Å². The number of aliphatic hydroxyl groups is 1. The summed E-state index contributed by atoms with van der Waals surface area (Å²) < 4.78 is 5.86. The Labute approximate surface area is 278 Å². The van der Waals surface area contributed by atoms with Crippen LogP contribution in [0.5, 0.6) is 0 Å². The van der Waals surface area contributed by atoms with Crippen LogP contribution in [0.25, 0.3) is 0 Å². The van der Waals surface area contributed by atoms with Gasteiger partial charge in [-0.3, -0.25) is 14.4 Å². The molecule has 9 heteroatoms. The molecular formula is C37H64N2O7. The lowest BCUT2D eigenvalue weighted by atomic mass is 10.1. The van der Waals surface area contributed by atoms with Crippen molar-refractivity contribution in [2.24, 2.45) is 0 Å². The van der Waals surface area contributed by atoms with Crippen LogP contribution in [0.15, 0.2) is 36.5 Å². The Hall–Kier alpha value is -2.94. The predicted octanol–water partition coefficient (Wildman–Crippen LogP) is 7.48. The van der Waals surface area contributed by atoms with Gasteiger partial charge in [-0.2, -0.15) is 0 Å². The molecule has 264 valence electrons. The largest absolute Gasteiger partial charge is 0.480 e. The van der Waals surface area contributed by atoms with Crippen LogP contribution in [-0.2, 0) is 23.9 Å². The summed E-state index contributed by atoms with van der Waals surface area (Å²) in [4.78, 5) is 47.1. The highest BCUT2D eigenvalue weighted by Gasteiger charge is 2.18. The molecule has 0 heterocycles. The molecule has 0 rings (SSSR count). The Kier molecular flexibility index (Phi) is 30.0. The predicted molar refractivity (Wildman–Crippen MR) is 185 cm³/mol. The fraction of sp³-hybridized carbons (Fsp3) is 0.730. The van der Waals surface area contributed by atoms with Gasteiger partial charge < -0.3 is 25.6 Å². The summed E-state index contributed by atoms with van der Waals surface area (Å²) in [5.74, 6) is -2.37. The van der Waals surface area contributed by atoms with E-state index in [0.717, 1.165) is 70.6 Å². The maximum atomic E-state index is 12.6. The first kappa shape index (κ1) is 43.1. The number of carboxylic acids is 1. The highest BCUT2D eigenvalue weighted by Crippen LogP contribution is 2.15. The zero-order chi connectivity index (χ0) is 34.1. The Balaban J connectivity index is 4.31. The molecule has 2 unspecified atom stereocenters. The van der Waals surface area contributed by atoms with E-state index in [-0.39, 0.29) is 24.5 Å². The average Bonchev–Trinajstić information content (AvgIpc) is 3.03. The molecule has 0 bridgehead atoms. The Morgan fingerprint density at radius 3 is 1.80 bits per heavy atom. The summed E-state index contributed by atoms with van der Waals surface area (Å²) >= 11 is 0. The zero-order valence-electron chi connectivity index (χ0n) is 28.8. The van der Waals surface area contributed by atoms with E-state index in [4.69, 9.17) is 14.9 Å². The van der Waals surface area contributed by atoms with Gasteiger partial charge in [0.05, 0.1) is 13.2 Å². The number of ether oxygens (including phenoxy) is 1. The minimum absolute atomic E-state index is 0.108. The molecule has 0 aromatic heterocycles. The molecule has 0 aliphatic carbocycles. The third kappa shape index (κ3) is 28.5. The van der Waals surface area contributed by atoms with Gasteiger partial charge in [-0.25, -0.2) is 4.79 Å². The van der Waals surface area contributed by atoms with Crippen LogP contribution in [0.1, 0.15) is 149 Å². The van der Waals surface area contributed by atoms with Crippen molar-refractivity contribution in [3.05, 3.63) is 36.5 Å². The van der Waals surface area contributed by atoms with E-state index >= 15 is 0 Å². The van der Waals surface area contributed by atoms with Gasteiger partial charge in [0.2, 0.25) is 11.8 Å². The summed E-state index contributed by atoms with van der Waals surface area (Å²) in [6, 6.07) is -1.38. The van der Waals surface area contributed by atoms with Gasteiger partial charge in [0, 0.05) is 12.8 Å². The minimum atomic E-state index is -1.38. The number of aliphatic hydroxyl groups excluding tert-OH is 1. The molecule has 46 heavy (non-hydrogen) atoms. The van der Waals surface area contributed by atoms with Gasteiger partial charge in [-0.1, -0.05) is 121 Å². The van der Waals surface area contributed by atoms with Crippen molar-refractivity contribution in [1.29, 1.82) is 0 Å². The first-order valence-electron chi connectivity index (χ1n) is 17.9. The monoisotopic (exact) mass is 648 g/mol. The third-order valence-electron chi connectivity index (χ3n) is 7.64. The van der Waals surface area contributed by atoms with Gasteiger partial charge in [0.25, 0.3) is 0 Å². The van der Waals surface area contributed by atoms with Gasteiger partial charge in [-0.15, -0.1) is 0 Å². The normalized spacial score (nSPS) is 12.9. The van der Waals surface area contributed by atoms with Crippen molar-refractivity contribution in [2.75, 3.05) is 13.2 Å². The Morgan fingerprint density at radius 2 is 1.22 bits per heavy atom. The van der Waals surface area contributed by atoms with Crippen LogP contribution in [-0.4, -0.2) is 59.3 Å². The second-order valence-electron chi connectivity index (χ2n) is 11.9. The molecule has 9 nitrogen and oxygen atoms in total. The molecule has 0 fully saturated rings. The smallest absolute Gasteiger partial charge is 0.328 e. The fourth-order valence-electron chi connectivity index (χ4n) is 4.88. The van der Waals surface area contributed by atoms with Crippen LogP contribution in [0.4, 0.5) is 0 Å². The lowest BCUT2D eigenvalue weighted by molar-refractivity contribution is -0.147. The molecule has 4 N–H and O–H groups in total. The van der Waals surface area contributed by atoms with E-state index < -0.39 is 24.5 Å². The molecule has 2 amide bonds. The van der Waals surface area contributed by atoms with Crippen LogP contribution in [0, 0.1) is 0 Å². The molecular weight excluding hydrogens is 584 g/mol. The van der Waals surface area contributed by atoms with Crippen molar-refractivity contribution in [2.45, 2.75) is 161 Å². The molecule has 2 atom stereocenters. The van der Waals surface area contributed by atoms with Gasteiger partial charge >= 0.3 is 11.9 Å². The third-order valence-corrected chi connectivity index (χ3v) is 7.64. The van der Waals surface area contributed by atoms with Crippen molar-refractivity contribution in [3.63, 3.8) is 0 Å². The van der Waals surface area contributed by atoms with E-state index in [0.29, 0.717) is 19.3 Å². The summed E-state index contributed by atoms with van der Waals surface area (Å²) in [5, 5.41) is 22.4. The van der Waals surface area contributed by atoms with Gasteiger partial charge in [0.1, 0.15) is 12.1 Å². The van der Waals surface area contributed by atoms with E-state index in [1.165, 1.54) is 44.9 Å². The topological polar surface area (TPSA) is 142 Å². The molecule has 0 spiro atoms. The number of hydrogen-bond donors (Lipinski definition) is 4. The molecule has 0 saturated heterocycles. The lowest BCUT2D eigenvalue weighted by Gasteiger charge is -2.15. The number of carboxylic acid groups (broad SMARTS) is 1. The lowest BCUT2D eigenvalue weighted by Crippen LogP contribution is -2.47. The summed E-state index contributed by atoms with van der Waals surface area (Å²) in [7, 11) is 0. The zero-order valence-corrected chi connectivity index (χ0v) is 28.8. The number of rotatable bonds is 31. The number of nitrogens with one attached hydrogen (secondary N) is 2. The Bertz CT molecular complexity index is 885. The van der Waals surface area contributed by atoms with Gasteiger partial charge in [0.15, 0.2) is 0 Å². The first-order valence-corrected chi connectivity index (χ1v) is 17.9. The number of unbranched alkanes of at least 4 members (excludes halogenated alkanes) is 13. The first-order chi connectivity index (χ1) is 22.3. The number of hydrogen-bond acceptors (Lipinski definition) is 6. The highest BCUT2D eigenvalue weighted by molar-refractivity contribution is 5.87. The quantitative estimate of drug-likeness (QED) is 0.0347. The highest BCUT2D eigenvalue weighted by atomic mass is 16.5. The van der Waals surface area contributed by atoms with E-state index in [1.54, 1.807) is 0 Å². The maximum absolute atomic E-state index is 12.6. The fourth-order valence-corrected chi connectivity index (χ4v) is 4.88. The van der Waals surface area contributed by atoms with Crippen molar-refractivity contribution in [3.8, 4) is 0 Å². The maximum Gasteiger partial charge on any atom is 0.328 e. The number of amides is 2. The second kappa shape index (κ2) is 32.0. The number of carbonyl (C=O) groups is 4. The minimum Gasteiger partial charge on any atom is -0.480 e. The van der Waals surface area contributed by atoms with Crippen LogP contribution in [0.3, 0.4) is 0 Å². The van der Waals surface area contributed by atoms with E-state index in [2.05, 4.69) is 54.9 Å². The SMILES string of the molecule is CC/C=C\C/C=C\C/C=C\C(CCCCCCCCC(=O)NCC(=O)NC(CO)C(=O)O)OC(=O)CCCCCCCCCCC. The number of esters is 1. The summed E-state index contributed by atoms with van der Waals surface area (Å²) in [6.07, 6.45) is 33.4. The van der Waals surface area contributed by atoms with Crippen molar-refractivity contribution >= 4 is 23.8 Å². The molecule has 0 aliphatic rings. The number of allylic oxidation sites excluding steroid dienone is 5.